The summed E-state index contributed by atoms with van der Waals surface area (Å²) in [6.45, 7) is 2.22. The molecular weight excluding hydrogens is 352 g/mol. The van der Waals surface area contributed by atoms with Crippen LogP contribution in [0.5, 0.6) is 0 Å². The monoisotopic (exact) mass is 372 g/mol. The third-order valence-corrected chi connectivity index (χ3v) is 4.92. The third-order valence-electron chi connectivity index (χ3n) is 4.04. The molecule has 0 saturated carbocycles. The molecule has 2 aromatic heterocycles. The van der Waals surface area contributed by atoms with Crippen molar-refractivity contribution in [2.24, 2.45) is 0 Å². The van der Waals surface area contributed by atoms with Crippen LogP contribution in [0, 0.1) is 6.92 Å². The molecule has 0 radical (unpaired) electrons. The molecule has 136 valence electrons. The normalized spacial score (nSPS) is 11.0. The molecule has 0 aliphatic rings. The number of aromatic nitrogens is 3. The second kappa shape index (κ2) is 8.09. The van der Waals surface area contributed by atoms with Gasteiger partial charge in [0, 0.05) is 18.3 Å². The van der Waals surface area contributed by atoms with Gasteiger partial charge >= 0.3 is 5.69 Å². The van der Waals surface area contributed by atoms with E-state index in [0.29, 0.717) is 41.8 Å². The third kappa shape index (κ3) is 4.26. The number of carbonyl (C=O) groups is 1. The largest absolute Gasteiger partial charge is 0.328 e. The minimum absolute atomic E-state index is 0.0694. The molecule has 0 aliphatic heterocycles. The molecule has 1 amide bonds. The van der Waals surface area contributed by atoms with E-state index in [9.17, 15) is 14.4 Å². The summed E-state index contributed by atoms with van der Waals surface area (Å²) >= 11 is 1.40. The van der Waals surface area contributed by atoms with Crippen molar-refractivity contribution in [3.63, 3.8) is 0 Å². The van der Waals surface area contributed by atoms with Gasteiger partial charge < -0.3 is 10.3 Å². The van der Waals surface area contributed by atoms with Crippen LogP contribution in [0.3, 0.4) is 0 Å². The van der Waals surface area contributed by atoms with E-state index in [1.54, 1.807) is 24.3 Å². The molecule has 2 heterocycles. The van der Waals surface area contributed by atoms with Crippen LogP contribution >= 0.6 is 11.3 Å². The Labute approximate surface area is 153 Å². The fraction of sp³-hybridized carbons (Fsp3) is 0.333. The molecule has 3 rings (SSSR count). The lowest BCUT2D eigenvalue weighted by Gasteiger charge is -2.06. The number of aryl methyl sites for hydroxylation is 1. The first kappa shape index (κ1) is 18.1. The molecule has 0 atom stereocenters. The molecule has 0 saturated heterocycles. The lowest BCUT2D eigenvalue weighted by molar-refractivity contribution is -0.116. The number of anilines is 1. The lowest BCUT2D eigenvalue weighted by atomic mass is 10.2. The van der Waals surface area contributed by atoms with Crippen molar-refractivity contribution in [1.82, 2.24) is 14.5 Å². The van der Waals surface area contributed by atoms with Gasteiger partial charge in [0.1, 0.15) is 0 Å². The number of nitrogens with one attached hydrogen (secondary N) is 2. The summed E-state index contributed by atoms with van der Waals surface area (Å²) < 4.78 is 1.22. The molecule has 1 aromatic carbocycles. The minimum Gasteiger partial charge on any atom is -0.307 e. The standard InChI is InChI=1S/C18H20N4O3S/c1-12-11-26-17(19-12)21-15(23)9-3-2-6-10-22-16(24)13-7-4-5-8-14(13)20-18(22)25/h4-5,7-8,11H,2-3,6,9-10H2,1H3,(H,20,25)(H,19,21,23). The van der Waals surface area contributed by atoms with Crippen LogP contribution in [-0.4, -0.2) is 20.4 Å². The number of nitrogens with zero attached hydrogens (tertiary/aromatic N) is 2. The van der Waals surface area contributed by atoms with Crippen LogP contribution < -0.4 is 16.6 Å². The van der Waals surface area contributed by atoms with Crippen molar-refractivity contribution in [3.05, 3.63) is 56.2 Å². The summed E-state index contributed by atoms with van der Waals surface area (Å²) in [5.41, 5.74) is 0.760. The number of H-pyrrole nitrogens is 1. The van der Waals surface area contributed by atoms with Gasteiger partial charge in [0.25, 0.3) is 5.56 Å². The first-order valence-electron chi connectivity index (χ1n) is 8.48. The van der Waals surface area contributed by atoms with Crippen LogP contribution in [0.2, 0.25) is 0 Å². The van der Waals surface area contributed by atoms with Gasteiger partial charge in [-0.1, -0.05) is 18.6 Å². The number of fused-ring (bicyclic) bond motifs is 1. The zero-order valence-corrected chi connectivity index (χ0v) is 15.3. The maximum atomic E-state index is 12.4. The molecular formula is C18H20N4O3S. The Morgan fingerprint density at radius 1 is 1.23 bits per heavy atom. The quantitative estimate of drug-likeness (QED) is 0.623. The number of hydrogen-bond donors (Lipinski definition) is 2. The second-order valence-electron chi connectivity index (χ2n) is 6.09. The van der Waals surface area contributed by atoms with Crippen molar-refractivity contribution >= 4 is 33.3 Å². The Hall–Kier alpha value is -2.74. The van der Waals surface area contributed by atoms with Crippen LogP contribution in [0.1, 0.15) is 31.4 Å². The summed E-state index contributed by atoms with van der Waals surface area (Å²) in [5.74, 6) is -0.0694. The van der Waals surface area contributed by atoms with E-state index in [0.717, 1.165) is 12.1 Å². The predicted molar refractivity (Wildman–Crippen MR) is 103 cm³/mol. The van der Waals surface area contributed by atoms with Gasteiger partial charge in [-0.15, -0.1) is 11.3 Å². The summed E-state index contributed by atoms with van der Waals surface area (Å²) in [5, 5.41) is 5.77. The van der Waals surface area contributed by atoms with E-state index >= 15 is 0 Å². The Morgan fingerprint density at radius 3 is 2.81 bits per heavy atom. The maximum absolute atomic E-state index is 12.4. The predicted octanol–water partition coefficient (Wildman–Crippen LogP) is 2.65. The highest BCUT2D eigenvalue weighted by Gasteiger charge is 2.08. The fourth-order valence-corrected chi connectivity index (χ4v) is 3.43. The molecule has 2 N–H and O–H groups in total. The van der Waals surface area contributed by atoms with Crippen molar-refractivity contribution in [2.75, 3.05) is 5.32 Å². The van der Waals surface area contributed by atoms with E-state index in [1.165, 1.54) is 15.9 Å². The van der Waals surface area contributed by atoms with E-state index in [2.05, 4.69) is 15.3 Å². The molecule has 0 aliphatic carbocycles. The lowest BCUT2D eigenvalue weighted by Crippen LogP contribution is -2.35. The summed E-state index contributed by atoms with van der Waals surface area (Å²) in [6.07, 6.45) is 2.49. The summed E-state index contributed by atoms with van der Waals surface area (Å²) in [4.78, 5) is 43.2. The van der Waals surface area contributed by atoms with Crippen molar-refractivity contribution < 1.29 is 4.79 Å². The van der Waals surface area contributed by atoms with Crippen molar-refractivity contribution in [2.45, 2.75) is 39.2 Å². The summed E-state index contributed by atoms with van der Waals surface area (Å²) in [6, 6.07) is 6.97. The number of para-hydroxylation sites is 1. The van der Waals surface area contributed by atoms with Crippen LogP contribution in [0.15, 0.2) is 39.2 Å². The van der Waals surface area contributed by atoms with Gasteiger partial charge in [-0.3, -0.25) is 14.2 Å². The van der Waals surface area contributed by atoms with Gasteiger partial charge in [-0.2, -0.15) is 0 Å². The second-order valence-corrected chi connectivity index (χ2v) is 6.94. The maximum Gasteiger partial charge on any atom is 0.328 e. The van der Waals surface area contributed by atoms with Gasteiger partial charge in [0.15, 0.2) is 5.13 Å². The Balaban J connectivity index is 1.49. The highest BCUT2D eigenvalue weighted by atomic mass is 32.1. The topological polar surface area (TPSA) is 96.9 Å². The molecule has 0 unspecified atom stereocenters. The highest BCUT2D eigenvalue weighted by Crippen LogP contribution is 2.15. The average Bonchev–Trinajstić information content (AvgIpc) is 3.02. The minimum atomic E-state index is -0.398. The number of aromatic amines is 1. The molecule has 8 heteroatoms. The van der Waals surface area contributed by atoms with Crippen LogP contribution in [-0.2, 0) is 11.3 Å². The Kier molecular flexibility index (Phi) is 5.62. The van der Waals surface area contributed by atoms with Crippen LogP contribution in [0.4, 0.5) is 5.13 Å². The first-order valence-corrected chi connectivity index (χ1v) is 9.36. The summed E-state index contributed by atoms with van der Waals surface area (Å²) in [7, 11) is 0. The smallest absolute Gasteiger partial charge is 0.307 e. The van der Waals surface area contributed by atoms with E-state index < -0.39 is 5.69 Å². The first-order chi connectivity index (χ1) is 12.5. The Morgan fingerprint density at radius 2 is 2.04 bits per heavy atom. The fourth-order valence-electron chi connectivity index (χ4n) is 2.73. The van der Waals surface area contributed by atoms with Crippen LogP contribution in [0.25, 0.3) is 10.9 Å². The number of hydrogen-bond acceptors (Lipinski definition) is 5. The number of benzene rings is 1. The average molecular weight is 372 g/mol. The van der Waals surface area contributed by atoms with E-state index in [-0.39, 0.29) is 11.5 Å². The van der Waals surface area contributed by atoms with Gasteiger partial charge in [-0.05, 0) is 31.9 Å². The zero-order chi connectivity index (χ0) is 18.5. The number of thiazole rings is 1. The van der Waals surface area contributed by atoms with Gasteiger partial charge in [-0.25, -0.2) is 9.78 Å². The van der Waals surface area contributed by atoms with Gasteiger partial charge in [0.2, 0.25) is 5.91 Å². The van der Waals surface area contributed by atoms with E-state index in [1.807, 2.05) is 12.3 Å². The molecule has 0 fully saturated rings. The number of unbranched alkanes of at least 4 members (excludes halogenated alkanes) is 2. The van der Waals surface area contributed by atoms with E-state index in [4.69, 9.17) is 0 Å². The molecule has 7 nitrogen and oxygen atoms in total. The van der Waals surface area contributed by atoms with Gasteiger partial charge in [0.05, 0.1) is 16.6 Å². The Bertz CT molecular complexity index is 1030. The SMILES string of the molecule is Cc1csc(NC(=O)CCCCCn2c(=O)[nH]c3ccccc3c2=O)n1. The van der Waals surface area contributed by atoms with Crippen molar-refractivity contribution in [1.29, 1.82) is 0 Å². The molecule has 3 aromatic rings. The molecule has 0 bridgehead atoms. The number of carbonyl (C=O) groups excluding carboxylic acids is 1. The highest BCUT2D eigenvalue weighted by molar-refractivity contribution is 7.13. The number of rotatable bonds is 7. The number of amides is 1. The zero-order valence-electron chi connectivity index (χ0n) is 14.4. The molecule has 26 heavy (non-hydrogen) atoms. The van der Waals surface area contributed by atoms with Crippen molar-refractivity contribution in [3.8, 4) is 0 Å². The molecule has 0 spiro atoms.